The van der Waals surface area contributed by atoms with Crippen molar-refractivity contribution in [1.29, 1.82) is 0 Å². The Morgan fingerprint density at radius 1 is 1.07 bits per heavy atom. The van der Waals surface area contributed by atoms with E-state index in [0.717, 1.165) is 49.4 Å². The highest BCUT2D eigenvalue weighted by atomic mass is 16.5. The minimum absolute atomic E-state index is 0.0366. The quantitative estimate of drug-likeness (QED) is 0.682. The van der Waals surface area contributed by atoms with Crippen molar-refractivity contribution in [2.45, 2.75) is 31.3 Å². The average Bonchev–Trinajstić information content (AvgIpc) is 3.34. The van der Waals surface area contributed by atoms with Crippen molar-refractivity contribution in [3.05, 3.63) is 70.4 Å². The molecule has 7 nitrogen and oxygen atoms in total. The average molecular weight is 389 g/mol. The zero-order valence-electron chi connectivity index (χ0n) is 16.4. The molecular formula is C22H23N5O2. The molecule has 0 saturated carbocycles. The van der Waals surface area contributed by atoms with Crippen LogP contribution in [0.2, 0.25) is 0 Å². The molecule has 3 aromatic rings. The molecule has 0 unspecified atom stereocenters. The second kappa shape index (κ2) is 7.08. The van der Waals surface area contributed by atoms with E-state index in [1.165, 1.54) is 0 Å². The second-order valence-corrected chi connectivity index (χ2v) is 7.86. The fourth-order valence-corrected chi connectivity index (χ4v) is 4.68. The largest absolute Gasteiger partial charge is 0.481 e. The first-order valence-electron chi connectivity index (χ1n) is 9.94. The molecule has 148 valence electrons. The molecule has 2 aromatic heterocycles. The van der Waals surface area contributed by atoms with Gasteiger partial charge in [0.1, 0.15) is 5.82 Å². The Morgan fingerprint density at radius 2 is 1.90 bits per heavy atom. The van der Waals surface area contributed by atoms with Crippen LogP contribution in [0.1, 0.15) is 24.2 Å². The molecule has 0 aliphatic carbocycles. The molecule has 2 aliphatic heterocycles. The zero-order valence-corrected chi connectivity index (χ0v) is 16.4. The van der Waals surface area contributed by atoms with Crippen molar-refractivity contribution < 1.29 is 4.74 Å². The molecule has 1 saturated heterocycles. The summed E-state index contributed by atoms with van der Waals surface area (Å²) in [5, 5.41) is 8.90. The van der Waals surface area contributed by atoms with Crippen molar-refractivity contribution in [3.8, 4) is 17.1 Å². The van der Waals surface area contributed by atoms with E-state index in [2.05, 4.69) is 26.1 Å². The Bertz CT molecular complexity index is 1100. The monoisotopic (exact) mass is 389 g/mol. The Morgan fingerprint density at radius 3 is 2.72 bits per heavy atom. The van der Waals surface area contributed by atoms with Gasteiger partial charge in [0.25, 0.3) is 5.56 Å². The number of pyridine rings is 1. The van der Waals surface area contributed by atoms with E-state index in [4.69, 9.17) is 4.74 Å². The molecule has 0 radical (unpaired) electrons. The highest BCUT2D eigenvalue weighted by molar-refractivity contribution is 5.57. The minimum atomic E-state index is -0.100. The fraction of sp³-hybridized carbons (Fsp3) is 0.364. The summed E-state index contributed by atoms with van der Waals surface area (Å²) in [6.45, 7) is 3.30. The Hall–Kier alpha value is -3.06. The maximum atomic E-state index is 13.1. The predicted molar refractivity (Wildman–Crippen MR) is 109 cm³/mol. The number of fused-ring (bicyclic) bond motifs is 2. The van der Waals surface area contributed by atoms with Gasteiger partial charge >= 0.3 is 0 Å². The SMILES string of the molecule is COc1ncccc1CN1CC[C@@]2(CCn3c2nnc(-c2ccccc2)c3=O)C1. The number of ether oxygens (including phenoxy) is 1. The van der Waals surface area contributed by atoms with Crippen LogP contribution in [0.5, 0.6) is 5.88 Å². The number of hydrogen-bond acceptors (Lipinski definition) is 6. The number of rotatable bonds is 4. The molecule has 1 atom stereocenters. The summed E-state index contributed by atoms with van der Waals surface area (Å²) in [6, 6.07) is 13.6. The van der Waals surface area contributed by atoms with Gasteiger partial charge in [0.15, 0.2) is 5.69 Å². The lowest BCUT2D eigenvalue weighted by atomic mass is 9.85. The van der Waals surface area contributed by atoms with Gasteiger partial charge in [-0.25, -0.2) is 4.98 Å². The van der Waals surface area contributed by atoms with Crippen molar-refractivity contribution in [1.82, 2.24) is 24.6 Å². The third-order valence-electron chi connectivity index (χ3n) is 6.15. The molecule has 0 amide bonds. The van der Waals surface area contributed by atoms with Gasteiger partial charge in [-0.3, -0.25) is 14.3 Å². The van der Waals surface area contributed by atoms with E-state index in [1.54, 1.807) is 13.3 Å². The lowest BCUT2D eigenvalue weighted by Crippen LogP contribution is -2.33. The normalized spacial score (nSPS) is 20.9. The van der Waals surface area contributed by atoms with Gasteiger partial charge in [0.2, 0.25) is 5.88 Å². The van der Waals surface area contributed by atoms with E-state index < -0.39 is 0 Å². The smallest absolute Gasteiger partial charge is 0.280 e. The van der Waals surface area contributed by atoms with Crippen molar-refractivity contribution >= 4 is 0 Å². The van der Waals surface area contributed by atoms with E-state index in [-0.39, 0.29) is 11.0 Å². The summed E-state index contributed by atoms with van der Waals surface area (Å²) in [4.78, 5) is 19.8. The molecule has 0 N–H and O–H groups in total. The lowest BCUT2D eigenvalue weighted by molar-refractivity contribution is 0.291. The van der Waals surface area contributed by atoms with E-state index in [1.807, 2.05) is 41.0 Å². The van der Waals surface area contributed by atoms with Crippen LogP contribution >= 0.6 is 0 Å². The zero-order chi connectivity index (χ0) is 19.8. The van der Waals surface area contributed by atoms with E-state index in [0.29, 0.717) is 18.1 Å². The van der Waals surface area contributed by atoms with Crippen LogP contribution in [-0.4, -0.2) is 44.8 Å². The van der Waals surface area contributed by atoms with Crippen LogP contribution in [0.15, 0.2) is 53.5 Å². The van der Waals surface area contributed by atoms with Crippen LogP contribution in [0.3, 0.4) is 0 Å². The van der Waals surface area contributed by atoms with Gasteiger partial charge in [-0.2, -0.15) is 0 Å². The number of hydrogen-bond donors (Lipinski definition) is 0. The lowest BCUT2D eigenvalue weighted by Gasteiger charge is -2.23. The first-order valence-corrected chi connectivity index (χ1v) is 9.94. The topological polar surface area (TPSA) is 73.1 Å². The van der Waals surface area contributed by atoms with Gasteiger partial charge in [-0.15, -0.1) is 10.2 Å². The van der Waals surface area contributed by atoms with Crippen LogP contribution in [0.25, 0.3) is 11.3 Å². The van der Waals surface area contributed by atoms with E-state index >= 15 is 0 Å². The van der Waals surface area contributed by atoms with Gasteiger partial charge in [0, 0.05) is 42.4 Å². The standard InChI is InChI=1S/C22H23N5O2/c1-29-19-17(8-5-11-23-19)14-26-12-9-22(15-26)10-13-27-20(28)18(24-25-21(22)27)16-6-3-2-4-7-16/h2-8,11H,9-10,12-15H2,1H3/t22-/m1/s1. The number of nitrogens with zero attached hydrogens (tertiary/aromatic N) is 5. The van der Waals surface area contributed by atoms with Crippen molar-refractivity contribution in [2.75, 3.05) is 20.2 Å². The molecule has 7 heteroatoms. The van der Waals surface area contributed by atoms with Crippen LogP contribution in [0.4, 0.5) is 0 Å². The Labute approximate surface area is 169 Å². The Kier molecular flexibility index (Phi) is 4.39. The maximum Gasteiger partial charge on any atom is 0.280 e. The molecule has 1 spiro atoms. The molecule has 4 heterocycles. The molecule has 2 aliphatic rings. The summed E-state index contributed by atoms with van der Waals surface area (Å²) in [5.74, 6) is 1.51. The van der Waals surface area contributed by atoms with Crippen LogP contribution in [0, 0.1) is 0 Å². The van der Waals surface area contributed by atoms with E-state index in [9.17, 15) is 4.79 Å². The van der Waals surface area contributed by atoms with Crippen molar-refractivity contribution in [3.63, 3.8) is 0 Å². The van der Waals surface area contributed by atoms with Crippen LogP contribution < -0.4 is 10.3 Å². The van der Waals surface area contributed by atoms with Crippen LogP contribution in [-0.2, 0) is 18.5 Å². The number of likely N-dealkylation sites (tertiary alicyclic amines) is 1. The summed E-state index contributed by atoms with van der Waals surface area (Å²) < 4.78 is 7.23. The third-order valence-corrected chi connectivity index (χ3v) is 6.15. The second-order valence-electron chi connectivity index (χ2n) is 7.86. The minimum Gasteiger partial charge on any atom is -0.481 e. The number of methoxy groups -OCH3 is 1. The predicted octanol–water partition coefficient (Wildman–Crippen LogP) is 2.26. The summed E-state index contributed by atoms with van der Waals surface area (Å²) in [5.41, 5.74) is 2.19. The first-order chi connectivity index (χ1) is 14.2. The maximum absolute atomic E-state index is 13.1. The fourth-order valence-electron chi connectivity index (χ4n) is 4.68. The van der Waals surface area contributed by atoms with Gasteiger partial charge in [0.05, 0.1) is 7.11 Å². The number of aromatic nitrogens is 4. The summed E-state index contributed by atoms with van der Waals surface area (Å²) >= 11 is 0. The third kappa shape index (κ3) is 3.02. The van der Waals surface area contributed by atoms with Gasteiger partial charge in [-0.1, -0.05) is 36.4 Å². The number of benzene rings is 1. The molecule has 1 fully saturated rings. The molecular weight excluding hydrogens is 366 g/mol. The molecule has 1 aromatic carbocycles. The molecule has 5 rings (SSSR count). The van der Waals surface area contributed by atoms with Crippen molar-refractivity contribution in [2.24, 2.45) is 0 Å². The Balaban J connectivity index is 1.42. The summed E-state index contributed by atoms with van der Waals surface area (Å²) in [6.07, 6.45) is 3.65. The van der Waals surface area contributed by atoms with Gasteiger partial charge < -0.3 is 4.74 Å². The highest BCUT2D eigenvalue weighted by Gasteiger charge is 2.47. The summed E-state index contributed by atoms with van der Waals surface area (Å²) in [7, 11) is 1.65. The molecule has 29 heavy (non-hydrogen) atoms. The first kappa shape index (κ1) is 18.0. The molecule has 0 bridgehead atoms. The van der Waals surface area contributed by atoms with Gasteiger partial charge in [-0.05, 0) is 25.5 Å². The highest BCUT2D eigenvalue weighted by Crippen LogP contribution is 2.41.